The van der Waals surface area contributed by atoms with Gasteiger partial charge in [0.05, 0.1) is 21.7 Å². The number of rotatable bonds is 3. The zero-order chi connectivity index (χ0) is 16.5. The van der Waals surface area contributed by atoms with Gasteiger partial charge in [-0.2, -0.15) is 0 Å². The zero-order valence-corrected chi connectivity index (χ0v) is 13.7. The largest absolute Gasteiger partial charge is 0.299 e. The third-order valence-electron chi connectivity index (χ3n) is 3.42. The lowest BCUT2D eigenvalue weighted by atomic mass is 10.3. The van der Waals surface area contributed by atoms with E-state index in [0.717, 1.165) is 11.0 Å². The van der Waals surface area contributed by atoms with E-state index in [1.54, 1.807) is 6.07 Å². The fraction of sp³-hybridized carbons (Fsp3) is 0. The lowest BCUT2D eigenvalue weighted by molar-refractivity contribution is 1.05. The Morgan fingerprint density at radius 2 is 1.46 bits per heavy atom. The second-order valence-electron chi connectivity index (χ2n) is 4.98. The number of halogens is 2. The highest BCUT2D eigenvalue weighted by molar-refractivity contribution is 6.34. The summed E-state index contributed by atoms with van der Waals surface area (Å²) in [5.74, 6) is 0. The highest BCUT2D eigenvalue weighted by atomic mass is 35.5. The molecule has 2 aromatic heterocycles. The first-order valence-corrected chi connectivity index (χ1v) is 7.83. The van der Waals surface area contributed by atoms with Crippen LogP contribution in [0.15, 0.2) is 48.5 Å². The number of nitrogens with zero attached hydrogens (tertiary/aromatic N) is 4. The van der Waals surface area contributed by atoms with Gasteiger partial charge in [0, 0.05) is 0 Å². The lowest BCUT2D eigenvalue weighted by Crippen LogP contribution is -2.11. The van der Waals surface area contributed by atoms with Gasteiger partial charge in [-0.1, -0.05) is 47.5 Å². The van der Waals surface area contributed by atoms with E-state index in [-0.39, 0.29) is 5.15 Å². The van der Waals surface area contributed by atoms with E-state index in [1.165, 1.54) is 0 Å². The molecule has 24 heavy (non-hydrogen) atoms. The number of para-hydroxylation sites is 3. The summed E-state index contributed by atoms with van der Waals surface area (Å²) in [7, 11) is 0. The first-order valence-electron chi connectivity index (χ1n) is 7.07. The number of hydrogen-bond donors (Lipinski definition) is 2. The first-order chi connectivity index (χ1) is 11.7. The van der Waals surface area contributed by atoms with Crippen molar-refractivity contribution in [1.29, 1.82) is 0 Å². The van der Waals surface area contributed by atoms with Crippen molar-refractivity contribution in [3.63, 3.8) is 0 Å². The zero-order valence-electron chi connectivity index (χ0n) is 12.2. The minimum absolute atomic E-state index is 0.187. The predicted octanol–water partition coefficient (Wildman–Crippen LogP) is 4.32. The van der Waals surface area contributed by atoms with E-state index < -0.39 is 0 Å². The molecule has 8 heteroatoms. The number of benzene rings is 2. The van der Waals surface area contributed by atoms with Crippen molar-refractivity contribution in [2.75, 3.05) is 10.9 Å². The Hall–Kier alpha value is -2.70. The maximum atomic E-state index is 6.18. The van der Waals surface area contributed by atoms with Crippen LogP contribution in [0.5, 0.6) is 0 Å². The summed E-state index contributed by atoms with van der Waals surface area (Å²) in [5.41, 5.74) is 9.62. The topological polar surface area (TPSA) is 75.6 Å². The SMILES string of the molecule is Clc1ccccc1NNc1c(Cl)nnc2nc3ccccc3nc12. The second-order valence-corrected chi connectivity index (χ2v) is 5.75. The summed E-state index contributed by atoms with van der Waals surface area (Å²) < 4.78 is 0. The van der Waals surface area contributed by atoms with Gasteiger partial charge in [0.1, 0.15) is 11.2 Å². The van der Waals surface area contributed by atoms with Crippen LogP contribution in [0.25, 0.3) is 22.2 Å². The Balaban J connectivity index is 1.80. The maximum absolute atomic E-state index is 6.18. The molecule has 0 radical (unpaired) electrons. The molecule has 0 unspecified atom stereocenters. The van der Waals surface area contributed by atoms with Crippen LogP contribution in [0.4, 0.5) is 11.4 Å². The molecule has 0 amide bonds. The molecule has 0 aliphatic heterocycles. The molecule has 0 spiro atoms. The summed E-state index contributed by atoms with van der Waals surface area (Å²) in [4.78, 5) is 9.05. The number of aromatic nitrogens is 4. The Kier molecular flexibility index (Phi) is 3.76. The summed E-state index contributed by atoms with van der Waals surface area (Å²) in [6.07, 6.45) is 0. The molecule has 2 heterocycles. The maximum Gasteiger partial charge on any atom is 0.203 e. The molecule has 2 aromatic carbocycles. The van der Waals surface area contributed by atoms with E-state index in [2.05, 4.69) is 31.0 Å². The van der Waals surface area contributed by atoms with Crippen LogP contribution in [0.1, 0.15) is 0 Å². The highest BCUT2D eigenvalue weighted by Gasteiger charge is 2.13. The third-order valence-corrected chi connectivity index (χ3v) is 4.02. The molecule has 4 aromatic rings. The average Bonchev–Trinajstić information content (AvgIpc) is 2.61. The van der Waals surface area contributed by atoms with Gasteiger partial charge in [0.2, 0.25) is 5.65 Å². The standard InChI is InChI=1S/C16H10Cl2N6/c17-9-5-1-2-6-10(9)21-22-13-14-16(24-23-15(13)18)20-12-8-4-3-7-11(12)19-14/h1-8,21H,(H,20,22,24). The van der Waals surface area contributed by atoms with Gasteiger partial charge in [-0.05, 0) is 24.3 Å². The highest BCUT2D eigenvalue weighted by Crippen LogP contribution is 2.28. The van der Waals surface area contributed by atoms with Gasteiger partial charge in [-0.25, -0.2) is 9.97 Å². The molecule has 6 nitrogen and oxygen atoms in total. The van der Waals surface area contributed by atoms with Crippen LogP contribution in [-0.4, -0.2) is 20.2 Å². The fourth-order valence-corrected chi connectivity index (χ4v) is 2.63. The summed E-state index contributed by atoms with van der Waals surface area (Å²) in [6.45, 7) is 0. The van der Waals surface area contributed by atoms with E-state index in [9.17, 15) is 0 Å². The van der Waals surface area contributed by atoms with E-state index in [4.69, 9.17) is 23.2 Å². The number of anilines is 2. The Morgan fingerprint density at radius 1 is 0.750 bits per heavy atom. The van der Waals surface area contributed by atoms with Crippen molar-refractivity contribution in [3.8, 4) is 0 Å². The van der Waals surface area contributed by atoms with Crippen molar-refractivity contribution >= 4 is 56.8 Å². The first kappa shape index (κ1) is 14.9. The van der Waals surface area contributed by atoms with Gasteiger partial charge >= 0.3 is 0 Å². The van der Waals surface area contributed by atoms with Gasteiger partial charge in [-0.15, -0.1) is 10.2 Å². The quantitative estimate of drug-likeness (QED) is 0.420. The molecule has 0 aliphatic rings. The van der Waals surface area contributed by atoms with Crippen molar-refractivity contribution < 1.29 is 0 Å². The van der Waals surface area contributed by atoms with Crippen LogP contribution in [0.3, 0.4) is 0 Å². The van der Waals surface area contributed by atoms with Crippen LogP contribution in [0, 0.1) is 0 Å². The molecule has 4 rings (SSSR count). The molecule has 118 valence electrons. The van der Waals surface area contributed by atoms with Crippen molar-refractivity contribution in [2.24, 2.45) is 0 Å². The Morgan fingerprint density at radius 3 is 2.25 bits per heavy atom. The Labute approximate surface area is 146 Å². The molecule has 0 bridgehead atoms. The molecule has 0 saturated heterocycles. The molecule has 0 fully saturated rings. The van der Waals surface area contributed by atoms with E-state index >= 15 is 0 Å². The molecule has 0 saturated carbocycles. The van der Waals surface area contributed by atoms with E-state index in [1.807, 2.05) is 42.5 Å². The van der Waals surface area contributed by atoms with Gasteiger partial charge in [0.15, 0.2) is 5.15 Å². The van der Waals surface area contributed by atoms with Crippen molar-refractivity contribution in [2.45, 2.75) is 0 Å². The van der Waals surface area contributed by atoms with E-state index in [0.29, 0.717) is 27.6 Å². The molecule has 0 aliphatic carbocycles. The summed E-state index contributed by atoms with van der Waals surface area (Å²) >= 11 is 12.3. The van der Waals surface area contributed by atoms with Gasteiger partial charge in [-0.3, -0.25) is 10.9 Å². The monoisotopic (exact) mass is 356 g/mol. The summed E-state index contributed by atoms with van der Waals surface area (Å²) in [5, 5.41) is 8.70. The van der Waals surface area contributed by atoms with Crippen molar-refractivity contribution in [3.05, 3.63) is 58.7 Å². The number of hydrogen-bond acceptors (Lipinski definition) is 6. The smallest absolute Gasteiger partial charge is 0.203 e. The summed E-state index contributed by atoms with van der Waals surface area (Å²) in [6, 6.07) is 14.9. The second kappa shape index (κ2) is 6.07. The fourth-order valence-electron chi connectivity index (χ4n) is 2.27. The van der Waals surface area contributed by atoms with Gasteiger partial charge < -0.3 is 0 Å². The minimum atomic E-state index is 0.187. The van der Waals surface area contributed by atoms with Crippen LogP contribution in [-0.2, 0) is 0 Å². The molecular formula is C16H10Cl2N6. The van der Waals surface area contributed by atoms with Crippen LogP contribution in [0.2, 0.25) is 10.2 Å². The molecule has 2 N–H and O–H groups in total. The number of hydrazine groups is 1. The normalized spacial score (nSPS) is 10.9. The van der Waals surface area contributed by atoms with Crippen molar-refractivity contribution in [1.82, 2.24) is 20.2 Å². The number of nitrogens with one attached hydrogen (secondary N) is 2. The molecule has 0 atom stereocenters. The Bertz CT molecular complexity index is 1050. The van der Waals surface area contributed by atoms with Crippen LogP contribution >= 0.6 is 23.2 Å². The van der Waals surface area contributed by atoms with Gasteiger partial charge in [0.25, 0.3) is 0 Å². The molecular weight excluding hydrogens is 347 g/mol. The average molecular weight is 357 g/mol. The number of fused-ring (bicyclic) bond motifs is 2. The lowest BCUT2D eigenvalue weighted by Gasteiger charge is -2.13. The minimum Gasteiger partial charge on any atom is -0.299 e. The van der Waals surface area contributed by atoms with Crippen LogP contribution < -0.4 is 10.9 Å². The third kappa shape index (κ3) is 2.66. The predicted molar refractivity (Wildman–Crippen MR) is 96.3 cm³/mol.